The van der Waals surface area contributed by atoms with Crippen LogP contribution in [0.2, 0.25) is 0 Å². The van der Waals surface area contributed by atoms with E-state index in [0.717, 1.165) is 44.4 Å². The molecule has 50 heavy (non-hydrogen) atoms. The van der Waals surface area contributed by atoms with Crippen LogP contribution in [-0.2, 0) is 0 Å². The second-order valence-electron chi connectivity index (χ2n) is 13.2. The molecule has 4 nitrogen and oxygen atoms in total. The Kier molecular flexibility index (Phi) is 5.56. The number of aryl methyl sites for hydroxylation is 1. The molecule has 0 bridgehead atoms. The SMILES string of the molecule is Cc1ccc2c(c1C1=C(c3cncc4c3c3ccccc3n4-c3ccccc3)C=C1)c1ccccc1n2-c1ccc2oc3ccccc3c2c1. The normalized spacial score (nSPS) is 13.1. The summed E-state index contributed by atoms with van der Waals surface area (Å²) in [6, 6.07) is 47.5. The van der Waals surface area contributed by atoms with Crippen LogP contribution in [0.1, 0.15) is 16.7 Å². The van der Waals surface area contributed by atoms with Crippen LogP contribution in [0.5, 0.6) is 0 Å². The number of aromatic nitrogens is 3. The number of benzene rings is 6. The van der Waals surface area contributed by atoms with Crippen LogP contribution in [0, 0.1) is 6.92 Å². The largest absolute Gasteiger partial charge is 0.456 e. The number of para-hydroxylation sites is 4. The Hall–Kier alpha value is -6.65. The molecule has 0 spiro atoms. The number of allylic oxidation sites excluding steroid dienone is 4. The van der Waals surface area contributed by atoms with Crippen LogP contribution < -0.4 is 0 Å². The number of furan rings is 1. The molecule has 1 aliphatic carbocycles. The smallest absolute Gasteiger partial charge is 0.135 e. The average Bonchev–Trinajstić information content (AvgIpc) is 3.80. The lowest BCUT2D eigenvalue weighted by Gasteiger charge is -2.21. The molecular weight excluding hydrogens is 611 g/mol. The second kappa shape index (κ2) is 10.2. The van der Waals surface area contributed by atoms with Crippen LogP contribution in [0.25, 0.3) is 88.1 Å². The van der Waals surface area contributed by atoms with E-state index in [2.05, 4.69) is 150 Å². The number of fused-ring (bicyclic) bond motifs is 9. The third-order valence-corrected chi connectivity index (χ3v) is 10.5. The van der Waals surface area contributed by atoms with Crippen molar-refractivity contribution in [3.63, 3.8) is 0 Å². The van der Waals surface area contributed by atoms with E-state index in [4.69, 9.17) is 9.40 Å². The van der Waals surface area contributed by atoms with Gasteiger partial charge in [0.25, 0.3) is 0 Å². The van der Waals surface area contributed by atoms with Crippen LogP contribution in [0.15, 0.2) is 162 Å². The van der Waals surface area contributed by atoms with Gasteiger partial charge in [0, 0.05) is 55.5 Å². The van der Waals surface area contributed by atoms with Crippen LogP contribution in [0.4, 0.5) is 0 Å². The van der Waals surface area contributed by atoms with Gasteiger partial charge < -0.3 is 13.6 Å². The quantitative estimate of drug-likeness (QED) is 0.192. The molecule has 0 saturated carbocycles. The predicted octanol–water partition coefficient (Wildman–Crippen LogP) is 12.0. The first-order chi connectivity index (χ1) is 24.7. The van der Waals surface area contributed by atoms with Gasteiger partial charge in [0.1, 0.15) is 11.2 Å². The monoisotopic (exact) mass is 639 g/mol. The molecule has 0 atom stereocenters. The van der Waals surface area contributed by atoms with Crippen LogP contribution in [0.3, 0.4) is 0 Å². The van der Waals surface area contributed by atoms with E-state index in [0.29, 0.717) is 0 Å². The van der Waals surface area contributed by atoms with Crippen molar-refractivity contribution in [1.82, 2.24) is 14.1 Å². The molecule has 0 unspecified atom stereocenters. The Bertz CT molecular complexity index is 3100. The Morgan fingerprint density at radius 1 is 0.480 bits per heavy atom. The molecule has 0 aliphatic heterocycles. The van der Waals surface area contributed by atoms with Crippen LogP contribution >= 0.6 is 0 Å². The van der Waals surface area contributed by atoms with Gasteiger partial charge in [0.2, 0.25) is 0 Å². The summed E-state index contributed by atoms with van der Waals surface area (Å²) in [6.07, 6.45) is 8.60. The molecule has 0 saturated heterocycles. The lowest BCUT2D eigenvalue weighted by atomic mass is 9.83. The molecule has 1 aliphatic rings. The number of hydrogen-bond donors (Lipinski definition) is 0. The molecule has 0 fully saturated rings. The number of rotatable bonds is 4. The van der Waals surface area contributed by atoms with Crippen molar-refractivity contribution < 1.29 is 4.42 Å². The highest BCUT2D eigenvalue weighted by Crippen LogP contribution is 2.47. The number of nitrogens with zero attached hydrogens (tertiary/aromatic N) is 3. The topological polar surface area (TPSA) is 35.9 Å². The molecule has 0 radical (unpaired) electrons. The fourth-order valence-electron chi connectivity index (χ4n) is 8.32. The molecule has 4 aromatic heterocycles. The maximum atomic E-state index is 6.20. The minimum atomic E-state index is 0.901. The van der Waals surface area contributed by atoms with E-state index in [1.54, 1.807) is 0 Å². The van der Waals surface area contributed by atoms with E-state index >= 15 is 0 Å². The summed E-state index contributed by atoms with van der Waals surface area (Å²) in [5.41, 5.74) is 14.9. The summed E-state index contributed by atoms with van der Waals surface area (Å²) in [5, 5.41) is 7.21. The van der Waals surface area contributed by atoms with Crippen molar-refractivity contribution in [2.24, 2.45) is 0 Å². The molecule has 0 amide bonds. The molecule has 4 heteroatoms. The Morgan fingerprint density at radius 2 is 1.14 bits per heavy atom. The van der Waals surface area contributed by atoms with Crippen LogP contribution in [-0.4, -0.2) is 14.1 Å². The Labute approximate surface area is 287 Å². The van der Waals surface area contributed by atoms with Gasteiger partial charge in [-0.25, -0.2) is 0 Å². The number of pyridine rings is 1. The Morgan fingerprint density at radius 3 is 1.92 bits per heavy atom. The third-order valence-electron chi connectivity index (χ3n) is 10.5. The van der Waals surface area contributed by atoms with Crippen molar-refractivity contribution in [2.75, 3.05) is 0 Å². The number of hydrogen-bond acceptors (Lipinski definition) is 2. The van der Waals surface area contributed by atoms with Crippen molar-refractivity contribution in [1.29, 1.82) is 0 Å². The molecular formula is C46H29N3O. The van der Waals surface area contributed by atoms with Gasteiger partial charge in [-0.15, -0.1) is 0 Å². The van der Waals surface area contributed by atoms with E-state index in [9.17, 15) is 0 Å². The molecule has 6 aromatic carbocycles. The first-order valence-corrected chi connectivity index (χ1v) is 17.0. The van der Waals surface area contributed by atoms with Crippen molar-refractivity contribution in [3.05, 3.63) is 175 Å². The average molecular weight is 640 g/mol. The van der Waals surface area contributed by atoms with Gasteiger partial charge in [-0.3, -0.25) is 4.98 Å². The summed E-state index contributed by atoms with van der Waals surface area (Å²) in [5.74, 6) is 0. The fourth-order valence-corrected chi connectivity index (χ4v) is 8.32. The highest BCUT2D eigenvalue weighted by Gasteiger charge is 2.25. The summed E-state index contributed by atoms with van der Waals surface area (Å²) < 4.78 is 10.9. The van der Waals surface area contributed by atoms with Crippen molar-refractivity contribution in [2.45, 2.75) is 6.92 Å². The van der Waals surface area contributed by atoms with E-state index in [1.807, 2.05) is 24.5 Å². The van der Waals surface area contributed by atoms with Gasteiger partial charge >= 0.3 is 0 Å². The summed E-state index contributed by atoms with van der Waals surface area (Å²) in [6.45, 7) is 2.24. The highest BCUT2D eigenvalue weighted by molar-refractivity contribution is 6.23. The Balaban J connectivity index is 1.18. The lowest BCUT2D eigenvalue weighted by molar-refractivity contribution is 0.669. The second-order valence-corrected chi connectivity index (χ2v) is 13.2. The molecule has 234 valence electrons. The zero-order chi connectivity index (χ0) is 32.9. The molecule has 4 heterocycles. The van der Waals surface area contributed by atoms with Gasteiger partial charge in [-0.05, 0) is 83.8 Å². The van der Waals surface area contributed by atoms with Gasteiger partial charge in [0.15, 0.2) is 0 Å². The molecule has 10 aromatic rings. The van der Waals surface area contributed by atoms with E-state index in [1.165, 1.54) is 60.4 Å². The summed E-state index contributed by atoms with van der Waals surface area (Å²) in [4.78, 5) is 4.85. The van der Waals surface area contributed by atoms with Gasteiger partial charge in [-0.2, -0.15) is 0 Å². The highest BCUT2D eigenvalue weighted by atomic mass is 16.3. The maximum Gasteiger partial charge on any atom is 0.135 e. The van der Waals surface area contributed by atoms with Gasteiger partial charge in [-0.1, -0.05) is 91.0 Å². The predicted molar refractivity (Wildman–Crippen MR) is 207 cm³/mol. The van der Waals surface area contributed by atoms with Gasteiger partial charge in [0.05, 0.1) is 28.3 Å². The minimum absolute atomic E-state index is 0.901. The zero-order valence-electron chi connectivity index (χ0n) is 27.3. The zero-order valence-corrected chi connectivity index (χ0v) is 27.3. The lowest BCUT2D eigenvalue weighted by Crippen LogP contribution is -2.01. The standard InChI is InChI=1S/C46H29N3O/c1-28-19-23-40-46(35-15-6-9-17-39(35)49(40)30-20-24-43-36(25-30)32-13-7-10-18-42(32)50-43)44(28)33-22-21-31(33)37-26-47-27-41-45(37)34-14-5-8-16-38(34)48(41)29-11-3-2-4-12-29/h2-27H,1H3. The molecule has 11 rings (SSSR count). The fraction of sp³-hybridized carbons (Fsp3) is 0.0217. The van der Waals surface area contributed by atoms with Crippen molar-refractivity contribution >= 4 is 76.7 Å². The molecule has 0 N–H and O–H groups in total. The summed E-state index contributed by atoms with van der Waals surface area (Å²) >= 11 is 0. The first-order valence-electron chi connectivity index (χ1n) is 17.0. The van der Waals surface area contributed by atoms with E-state index in [-0.39, 0.29) is 0 Å². The summed E-state index contributed by atoms with van der Waals surface area (Å²) in [7, 11) is 0. The van der Waals surface area contributed by atoms with Crippen molar-refractivity contribution in [3.8, 4) is 11.4 Å². The van der Waals surface area contributed by atoms with E-state index < -0.39 is 0 Å². The minimum Gasteiger partial charge on any atom is -0.456 e. The maximum absolute atomic E-state index is 6.20. The first kappa shape index (κ1) is 27.3. The third kappa shape index (κ3) is 3.67.